The van der Waals surface area contributed by atoms with Crippen LogP contribution < -0.4 is 0 Å². The van der Waals surface area contributed by atoms with E-state index < -0.39 is 0 Å². The van der Waals surface area contributed by atoms with Crippen LogP contribution in [-0.2, 0) is 0 Å². The molecule has 0 atom stereocenters. The standard InChI is InChI=1S/C9H18.C8H16.C7H14.C6H12.C5H10.C4H8/c1-9-7-5-3-2-4-6-8-9;1-8-6-4-2-3-5-7-8;1-7-5-3-2-4-6-7;1-6-4-2-3-5-6;1-5-3-2-4-5;1-4-2-3-4/h9H,2-8H2,1H3;8H,2-7H2,1H3;7H,2-6H2,1H3;6H,2-5H2,1H3;5H,2-4H2,1H3;4H,2-3H2,1H3. The molecule has 6 saturated carbocycles. The minimum Gasteiger partial charge on any atom is -0.0625 e. The molecule has 0 aromatic carbocycles. The highest BCUT2D eigenvalue weighted by Crippen LogP contribution is 2.27. The Morgan fingerprint density at radius 2 is 0.333 bits per heavy atom. The highest BCUT2D eigenvalue weighted by Gasteiger charge is 2.12. The van der Waals surface area contributed by atoms with Crippen molar-refractivity contribution in [3.05, 3.63) is 0 Å². The first-order valence-corrected chi connectivity index (χ1v) is 18.9. The molecule has 6 aliphatic carbocycles. The first-order chi connectivity index (χ1) is 18.9. The Hall–Kier alpha value is 0. The number of hydrogen-bond donors (Lipinski definition) is 0. The molecule has 6 rings (SSSR count). The molecule has 6 aliphatic rings. The van der Waals surface area contributed by atoms with E-state index in [4.69, 9.17) is 0 Å². The number of rotatable bonds is 0. The van der Waals surface area contributed by atoms with E-state index in [-0.39, 0.29) is 0 Å². The van der Waals surface area contributed by atoms with Crippen LogP contribution in [0.15, 0.2) is 0 Å². The Balaban J connectivity index is 0.000000238. The summed E-state index contributed by atoms with van der Waals surface area (Å²) in [7, 11) is 0. The molecule has 0 heterocycles. The summed E-state index contributed by atoms with van der Waals surface area (Å²) in [5.41, 5.74) is 0. The molecule has 0 spiro atoms. The molecule has 39 heavy (non-hydrogen) atoms. The third-order valence-corrected chi connectivity index (χ3v) is 10.3. The second-order valence-corrected chi connectivity index (χ2v) is 15.4. The molecule has 0 radical (unpaired) electrons. The summed E-state index contributed by atoms with van der Waals surface area (Å²) >= 11 is 0. The van der Waals surface area contributed by atoms with Gasteiger partial charge in [-0.15, -0.1) is 0 Å². The van der Waals surface area contributed by atoms with Crippen molar-refractivity contribution in [2.45, 2.75) is 215 Å². The first-order valence-electron chi connectivity index (χ1n) is 18.9. The van der Waals surface area contributed by atoms with Crippen molar-refractivity contribution in [1.82, 2.24) is 0 Å². The average Bonchev–Trinajstić information content (AvgIpc) is 3.61. The Morgan fingerprint density at radius 3 is 0.487 bits per heavy atom. The van der Waals surface area contributed by atoms with Crippen LogP contribution in [0.25, 0.3) is 0 Å². The maximum absolute atomic E-state index is 2.39. The van der Waals surface area contributed by atoms with Gasteiger partial charge in [-0.25, -0.2) is 0 Å². The Morgan fingerprint density at radius 1 is 0.179 bits per heavy atom. The highest BCUT2D eigenvalue weighted by molar-refractivity contribution is 4.65. The summed E-state index contributed by atoms with van der Waals surface area (Å²) in [6, 6.07) is 0. The van der Waals surface area contributed by atoms with Gasteiger partial charge in [-0.05, 0) is 35.5 Å². The highest BCUT2D eigenvalue weighted by atomic mass is 14.2. The molecular formula is C39H78. The van der Waals surface area contributed by atoms with E-state index in [1.54, 1.807) is 0 Å². The lowest BCUT2D eigenvalue weighted by atomic mass is 9.88. The lowest BCUT2D eigenvalue weighted by molar-refractivity contribution is 0.346. The maximum atomic E-state index is 2.39. The fourth-order valence-corrected chi connectivity index (χ4v) is 6.36. The van der Waals surface area contributed by atoms with Gasteiger partial charge in [0.25, 0.3) is 0 Å². The second-order valence-electron chi connectivity index (χ2n) is 15.4. The van der Waals surface area contributed by atoms with Crippen molar-refractivity contribution in [2.24, 2.45) is 35.5 Å². The zero-order valence-corrected chi connectivity index (χ0v) is 28.6. The van der Waals surface area contributed by atoms with Crippen LogP contribution in [-0.4, -0.2) is 0 Å². The smallest absolute Gasteiger partial charge is 0.0443 e. The molecule has 0 nitrogen and oxygen atoms in total. The molecule has 0 heteroatoms. The number of hydrogen-bond acceptors (Lipinski definition) is 0. The summed E-state index contributed by atoms with van der Waals surface area (Å²) in [5, 5.41) is 0. The molecule has 0 N–H and O–H groups in total. The maximum Gasteiger partial charge on any atom is -0.0443 e. The molecule has 0 saturated heterocycles. The van der Waals surface area contributed by atoms with Gasteiger partial charge in [-0.2, -0.15) is 0 Å². The second kappa shape index (κ2) is 25.7. The molecule has 234 valence electrons. The topological polar surface area (TPSA) is 0 Å². The van der Waals surface area contributed by atoms with Crippen LogP contribution in [0.1, 0.15) is 215 Å². The molecule has 0 aliphatic heterocycles. The Kier molecular flexibility index (Phi) is 24.4. The first kappa shape index (κ1) is 37.0. The van der Waals surface area contributed by atoms with Gasteiger partial charge in [-0.1, -0.05) is 215 Å². The lowest BCUT2D eigenvalue weighted by Gasteiger charge is -2.18. The Labute approximate surface area is 250 Å². The van der Waals surface area contributed by atoms with Crippen molar-refractivity contribution in [3.8, 4) is 0 Å². The van der Waals surface area contributed by atoms with Crippen molar-refractivity contribution in [1.29, 1.82) is 0 Å². The van der Waals surface area contributed by atoms with E-state index in [0.717, 1.165) is 35.5 Å². The van der Waals surface area contributed by atoms with E-state index in [1.807, 2.05) is 0 Å². The van der Waals surface area contributed by atoms with Gasteiger partial charge in [0.2, 0.25) is 0 Å². The van der Waals surface area contributed by atoms with Gasteiger partial charge in [0.1, 0.15) is 0 Å². The summed E-state index contributed by atoms with van der Waals surface area (Å²) in [6.07, 6.45) is 40.2. The van der Waals surface area contributed by atoms with Crippen molar-refractivity contribution < 1.29 is 0 Å². The van der Waals surface area contributed by atoms with Crippen LogP contribution in [0.3, 0.4) is 0 Å². The minimum absolute atomic E-state index is 1.02. The SMILES string of the molecule is CC1CC1.CC1CCC1.CC1CCCC1.CC1CCCCC1.CC1CCCCCC1.CC1CCCCCCC1. The van der Waals surface area contributed by atoms with Crippen LogP contribution in [0.2, 0.25) is 0 Å². The zero-order chi connectivity index (χ0) is 28.6. The predicted octanol–water partition coefficient (Wildman–Crippen LogP) is 14.3. The van der Waals surface area contributed by atoms with Gasteiger partial charge in [0.15, 0.2) is 0 Å². The summed E-state index contributed by atoms with van der Waals surface area (Å²) in [6.45, 7) is 14.1. The van der Waals surface area contributed by atoms with Crippen LogP contribution in [0.5, 0.6) is 0 Å². The molecular weight excluding hydrogens is 468 g/mol. The van der Waals surface area contributed by atoms with Gasteiger partial charge in [0, 0.05) is 0 Å². The molecule has 0 amide bonds. The van der Waals surface area contributed by atoms with Crippen LogP contribution >= 0.6 is 0 Å². The largest absolute Gasteiger partial charge is 0.0625 e. The van der Waals surface area contributed by atoms with Crippen molar-refractivity contribution in [3.63, 3.8) is 0 Å². The van der Waals surface area contributed by atoms with Crippen molar-refractivity contribution >= 4 is 0 Å². The van der Waals surface area contributed by atoms with E-state index in [0.29, 0.717) is 0 Å². The molecule has 0 bridgehead atoms. The van der Waals surface area contributed by atoms with E-state index in [1.165, 1.54) is 173 Å². The predicted molar refractivity (Wildman–Crippen MR) is 180 cm³/mol. The van der Waals surface area contributed by atoms with E-state index in [9.17, 15) is 0 Å². The van der Waals surface area contributed by atoms with Crippen LogP contribution in [0, 0.1) is 35.5 Å². The van der Waals surface area contributed by atoms with Gasteiger partial charge in [0.05, 0.1) is 0 Å². The fraction of sp³-hybridized carbons (Fsp3) is 1.00. The third kappa shape index (κ3) is 26.6. The summed E-state index contributed by atoms with van der Waals surface area (Å²) in [5.74, 6) is 6.27. The monoisotopic (exact) mass is 547 g/mol. The van der Waals surface area contributed by atoms with Gasteiger partial charge in [-0.3, -0.25) is 0 Å². The zero-order valence-electron chi connectivity index (χ0n) is 28.6. The van der Waals surface area contributed by atoms with Crippen molar-refractivity contribution in [2.75, 3.05) is 0 Å². The van der Waals surface area contributed by atoms with Crippen LogP contribution in [0.4, 0.5) is 0 Å². The summed E-state index contributed by atoms with van der Waals surface area (Å²) < 4.78 is 0. The normalized spacial score (nSPS) is 25.4. The van der Waals surface area contributed by atoms with Gasteiger partial charge >= 0.3 is 0 Å². The van der Waals surface area contributed by atoms with E-state index >= 15 is 0 Å². The molecule has 0 aromatic heterocycles. The quantitative estimate of drug-likeness (QED) is 0.265. The molecule has 0 unspecified atom stereocenters. The average molecular weight is 547 g/mol. The Bertz CT molecular complexity index is 458. The fourth-order valence-electron chi connectivity index (χ4n) is 6.36. The summed E-state index contributed by atoms with van der Waals surface area (Å²) in [4.78, 5) is 0. The molecule has 6 fully saturated rings. The lowest BCUT2D eigenvalue weighted by Crippen LogP contribution is -2.04. The van der Waals surface area contributed by atoms with Gasteiger partial charge < -0.3 is 0 Å². The third-order valence-electron chi connectivity index (χ3n) is 10.3. The van der Waals surface area contributed by atoms with E-state index in [2.05, 4.69) is 41.5 Å². The molecule has 0 aromatic rings. The minimum atomic E-state index is 1.02.